The van der Waals surface area contributed by atoms with Gasteiger partial charge in [-0.2, -0.15) is 0 Å². The van der Waals surface area contributed by atoms with Crippen LogP contribution in [0.3, 0.4) is 0 Å². The predicted octanol–water partition coefficient (Wildman–Crippen LogP) is 3.14. The van der Waals surface area contributed by atoms with Gasteiger partial charge in [0.05, 0.1) is 11.8 Å². The number of rotatable bonds is 2. The number of oxime groups is 1. The van der Waals surface area contributed by atoms with Crippen molar-refractivity contribution in [2.45, 2.75) is 51.3 Å². The Kier molecular flexibility index (Phi) is 5.42. The fourth-order valence-corrected chi connectivity index (χ4v) is 3.49. The third kappa shape index (κ3) is 3.76. The number of nitrogens with one attached hydrogen (secondary N) is 1. The molecule has 5 heteroatoms. The average Bonchev–Trinajstić information content (AvgIpc) is 2.36. The Balaban J connectivity index is 0.00000220. The normalized spacial score (nSPS) is 26.9. The molecule has 2 unspecified atom stereocenters. The van der Waals surface area contributed by atoms with E-state index in [1.54, 1.807) is 0 Å². The molecule has 1 aromatic rings. The minimum absolute atomic E-state index is 0. The molecule has 1 heterocycles. The Labute approximate surface area is 132 Å². The SMILES string of the molecule is CC1(C)C/C(=N/O)C(C(O)c2ccccc2)C(C)(C)N1.Cl. The summed E-state index contributed by atoms with van der Waals surface area (Å²) >= 11 is 0. The number of halogens is 1. The lowest BCUT2D eigenvalue weighted by Gasteiger charge is -2.49. The van der Waals surface area contributed by atoms with Gasteiger partial charge in [-0.25, -0.2) is 0 Å². The number of aliphatic hydroxyl groups excluding tert-OH is 1. The topological polar surface area (TPSA) is 64.9 Å². The molecule has 2 rings (SSSR count). The number of piperidine rings is 1. The van der Waals surface area contributed by atoms with Crippen molar-refractivity contribution in [3.05, 3.63) is 35.9 Å². The molecule has 1 aromatic carbocycles. The van der Waals surface area contributed by atoms with Crippen LogP contribution in [0.15, 0.2) is 35.5 Å². The molecule has 1 aliphatic heterocycles. The second-order valence-corrected chi connectivity index (χ2v) is 6.83. The molecule has 4 nitrogen and oxygen atoms in total. The molecule has 0 amide bonds. The second kappa shape index (κ2) is 6.34. The van der Waals surface area contributed by atoms with Crippen molar-refractivity contribution >= 4 is 18.1 Å². The van der Waals surface area contributed by atoms with Crippen molar-refractivity contribution in [3.63, 3.8) is 0 Å². The molecule has 0 radical (unpaired) electrons. The molecule has 0 spiro atoms. The van der Waals surface area contributed by atoms with E-state index in [1.165, 1.54) is 0 Å². The van der Waals surface area contributed by atoms with E-state index in [0.29, 0.717) is 12.1 Å². The first-order chi connectivity index (χ1) is 9.27. The van der Waals surface area contributed by atoms with E-state index in [-0.39, 0.29) is 29.4 Å². The van der Waals surface area contributed by atoms with E-state index < -0.39 is 6.10 Å². The van der Waals surface area contributed by atoms with Gasteiger partial charge in [0.15, 0.2) is 0 Å². The van der Waals surface area contributed by atoms with Gasteiger partial charge >= 0.3 is 0 Å². The lowest BCUT2D eigenvalue weighted by atomic mass is 9.69. The molecule has 0 saturated carbocycles. The van der Waals surface area contributed by atoms with Crippen LogP contribution in [-0.2, 0) is 0 Å². The molecular formula is C16H25ClN2O2. The largest absolute Gasteiger partial charge is 0.411 e. The zero-order chi connectivity index (χ0) is 15.0. The Morgan fingerprint density at radius 2 is 1.76 bits per heavy atom. The maximum Gasteiger partial charge on any atom is 0.0889 e. The minimum atomic E-state index is -0.694. The highest BCUT2D eigenvalue weighted by molar-refractivity contribution is 5.90. The third-order valence-electron chi connectivity index (χ3n) is 4.01. The molecule has 1 fully saturated rings. The van der Waals surface area contributed by atoms with E-state index in [0.717, 1.165) is 5.56 Å². The van der Waals surface area contributed by atoms with Gasteiger partial charge in [-0.05, 0) is 33.3 Å². The van der Waals surface area contributed by atoms with Crippen molar-refractivity contribution in [1.29, 1.82) is 0 Å². The van der Waals surface area contributed by atoms with Crippen molar-refractivity contribution in [3.8, 4) is 0 Å². The van der Waals surface area contributed by atoms with Gasteiger partial charge in [-0.3, -0.25) is 0 Å². The summed E-state index contributed by atoms with van der Waals surface area (Å²) in [4.78, 5) is 0. The summed E-state index contributed by atoms with van der Waals surface area (Å²) in [6, 6.07) is 9.53. The van der Waals surface area contributed by atoms with E-state index in [2.05, 4.69) is 24.3 Å². The van der Waals surface area contributed by atoms with Crippen LogP contribution in [0.1, 0.15) is 45.8 Å². The summed E-state index contributed by atoms with van der Waals surface area (Å²) in [6.45, 7) is 8.22. The van der Waals surface area contributed by atoms with Crippen LogP contribution in [-0.4, -0.2) is 27.1 Å². The Hall–Kier alpha value is -1.10. The van der Waals surface area contributed by atoms with Crippen molar-refractivity contribution < 1.29 is 10.3 Å². The van der Waals surface area contributed by atoms with Crippen LogP contribution in [0, 0.1) is 5.92 Å². The Morgan fingerprint density at radius 3 is 2.29 bits per heavy atom. The summed E-state index contributed by atoms with van der Waals surface area (Å²) in [6.07, 6.45) is -0.0812. The van der Waals surface area contributed by atoms with Gasteiger partial charge in [0.25, 0.3) is 0 Å². The molecule has 1 aliphatic rings. The fourth-order valence-electron chi connectivity index (χ4n) is 3.49. The molecule has 0 bridgehead atoms. The predicted molar refractivity (Wildman–Crippen MR) is 87.3 cm³/mol. The summed E-state index contributed by atoms with van der Waals surface area (Å²) in [5.41, 5.74) is 0.972. The quantitative estimate of drug-likeness (QED) is 0.580. The lowest BCUT2D eigenvalue weighted by Crippen LogP contribution is -2.64. The number of hydrogen-bond acceptors (Lipinski definition) is 4. The van der Waals surface area contributed by atoms with Crippen LogP contribution >= 0.6 is 12.4 Å². The van der Waals surface area contributed by atoms with Crippen molar-refractivity contribution in [2.24, 2.45) is 11.1 Å². The monoisotopic (exact) mass is 312 g/mol. The van der Waals surface area contributed by atoms with Gasteiger partial charge in [0.2, 0.25) is 0 Å². The first kappa shape index (κ1) is 18.0. The summed E-state index contributed by atoms with van der Waals surface area (Å²) in [5.74, 6) is -0.261. The molecular weight excluding hydrogens is 288 g/mol. The van der Waals surface area contributed by atoms with Crippen LogP contribution in [0.2, 0.25) is 0 Å². The molecule has 2 atom stereocenters. The summed E-state index contributed by atoms with van der Waals surface area (Å²) < 4.78 is 0. The van der Waals surface area contributed by atoms with Crippen LogP contribution < -0.4 is 5.32 Å². The maximum absolute atomic E-state index is 10.7. The standard InChI is InChI=1S/C16H24N2O2.ClH/c1-15(2)10-12(17-20)13(16(3,4)18-15)14(19)11-8-6-5-7-9-11;/h5-9,13-14,18-20H,10H2,1-4H3;1H/b17-12-;. The number of aliphatic hydroxyl groups is 1. The van der Waals surface area contributed by atoms with Gasteiger partial charge in [0, 0.05) is 23.4 Å². The van der Waals surface area contributed by atoms with E-state index >= 15 is 0 Å². The van der Waals surface area contributed by atoms with Crippen molar-refractivity contribution in [2.75, 3.05) is 0 Å². The van der Waals surface area contributed by atoms with Gasteiger partial charge in [-0.15, -0.1) is 12.4 Å². The summed E-state index contributed by atoms with van der Waals surface area (Å²) in [7, 11) is 0. The number of nitrogens with zero attached hydrogens (tertiary/aromatic N) is 1. The smallest absolute Gasteiger partial charge is 0.0889 e. The number of benzene rings is 1. The Bertz CT molecular complexity index is 500. The molecule has 1 saturated heterocycles. The van der Waals surface area contributed by atoms with Crippen LogP contribution in [0.5, 0.6) is 0 Å². The first-order valence-electron chi connectivity index (χ1n) is 7.00. The highest BCUT2D eigenvalue weighted by Gasteiger charge is 2.47. The lowest BCUT2D eigenvalue weighted by molar-refractivity contribution is 0.0629. The first-order valence-corrected chi connectivity index (χ1v) is 7.00. The summed E-state index contributed by atoms with van der Waals surface area (Å²) in [5, 5.41) is 27.1. The van der Waals surface area contributed by atoms with E-state index in [4.69, 9.17) is 0 Å². The zero-order valence-corrected chi connectivity index (χ0v) is 13.8. The van der Waals surface area contributed by atoms with E-state index in [1.807, 2.05) is 44.2 Å². The molecule has 0 aliphatic carbocycles. The van der Waals surface area contributed by atoms with Gasteiger partial charge < -0.3 is 15.6 Å². The third-order valence-corrected chi connectivity index (χ3v) is 4.01. The highest BCUT2D eigenvalue weighted by atomic mass is 35.5. The zero-order valence-electron chi connectivity index (χ0n) is 13.0. The van der Waals surface area contributed by atoms with Gasteiger partial charge in [0.1, 0.15) is 0 Å². The maximum atomic E-state index is 10.7. The second-order valence-electron chi connectivity index (χ2n) is 6.83. The van der Waals surface area contributed by atoms with Crippen LogP contribution in [0.4, 0.5) is 0 Å². The minimum Gasteiger partial charge on any atom is -0.411 e. The van der Waals surface area contributed by atoms with Gasteiger partial charge in [-0.1, -0.05) is 35.5 Å². The molecule has 3 N–H and O–H groups in total. The highest BCUT2D eigenvalue weighted by Crippen LogP contribution is 2.39. The van der Waals surface area contributed by atoms with Crippen molar-refractivity contribution in [1.82, 2.24) is 5.32 Å². The van der Waals surface area contributed by atoms with E-state index in [9.17, 15) is 10.3 Å². The average molecular weight is 313 g/mol. The molecule has 118 valence electrons. The Morgan fingerprint density at radius 1 is 1.19 bits per heavy atom. The van der Waals surface area contributed by atoms with Crippen LogP contribution in [0.25, 0.3) is 0 Å². The number of hydrogen-bond donors (Lipinski definition) is 3. The molecule has 0 aromatic heterocycles. The molecule has 21 heavy (non-hydrogen) atoms. The fraction of sp³-hybridized carbons (Fsp3) is 0.562.